The van der Waals surface area contributed by atoms with Gasteiger partial charge in [-0.2, -0.15) is 0 Å². The monoisotopic (exact) mass is 251 g/mol. The SMILES string of the molecule is CNCc1ccc(-c2cc3cc(C)ccc3o2)cc1. The highest BCUT2D eigenvalue weighted by atomic mass is 16.3. The summed E-state index contributed by atoms with van der Waals surface area (Å²) in [7, 11) is 1.95. The number of fused-ring (bicyclic) bond motifs is 1. The average Bonchev–Trinajstić information content (AvgIpc) is 2.83. The summed E-state index contributed by atoms with van der Waals surface area (Å²) in [5.74, 6) is 0.927. The summed E-state index contributed by atoms with van der Waals surface area (Å²) >= 11 is 0. The van der Waals surface area contributed by atoms with E-state index in [0.29, 0.717) is 0 Å². The van der Waals surface area contributed by atoms with E-state index in [9.17, 15) is 0 Å². The molecule has 0 fully saturated rings. The number of hydrogen-bond acceptors (Lipinski definition) is 2. The number of furan rings is 1. The van der Waals surface area contributed by atoms with Gasteiger partial charge in [-0.1, -0.05) is 35.9 Å². The average molecular weight is 251 g/mol. The largest absolute Gasteiger partial charge is 0.456 e. The van der Waals surface area contributed by atoms with E-state index in [0.717, 1.165) is 28.8 Å². The number of aryl methyl sites for hydroxylation is 1. The number of benzene rings is 2. The Labute approximate surface area is 113 Å². The molecule has 2 nitrogen and oxygen atoms in total. The zero-order chi connectivity index (χ0) is 13.2. The van der Waals surface area contributed by atoms with Crippen molar-refractivity contribution >= 4 is 11.0 Å². The maximum Gasteiger partial charge on any atom is 0.135 e. The summed E-state index contributed by atoms with van der Waals surface area (Å²) in [6, 6.07) is 16.8. The molecular formula is C17H17NO. The first-order chi connectivity index (χ1) is 9.26. The molecule has 1 N–H and O–H groups in total. The van der Waals surface area contributed by atoms with Crippen LogP contribution in [-0.2, 0) is 6.54 Å². The summed E-state index contributed by atoms with van der Waals surface area (Å²) in [4.78, 5) is 0. The van der Waals surface area contributed by atoms with Crippen LogP contribution in [0.2, 0.25) is 0 Å². The molecule has 3 aromatic rings. The Morgan fingerprint density at radius 3 is 2.53 bits per heavy atom. The predicted octanol–water partition coefficient (Wildman–Crippen LogP) is 4.13. The highest BCUT2D eigenvalue weighted by Gasteiger charge is 2.06. The van der Waals surface area contributed by atoms with Crippen LogP contribution in [0, 0.1) is 6.92 Å². The lowest BCUT2D eigenvalue weighted by molar-refractivity contribution is 0.631. The van der Waals surface area contributed by atoms with Gasteiger partial charge in [0.1, 0.15) is 11.3 Å². The molecular weight excluding hydrogens is 234 g/mol. The van der Waals surface area contributed by atoms with Crippen molar-refractivity contribution in [1.29, 1.82) is 0 Å². The number of hydrogen-bond donors (Lipinski definition) is 1. The molecule has 0 atom stereocenters. The first-order valence-corrected chi connectivity index (χ1v) is 6.50. The van der Waals surface area contributed by atoms with Gasteiger partial charge in [0.2, 0.25) is 0 Å². The molecule has 0 amide bonds. The molecule has 1 aromatic heterocycles. The van der Waals surface area contributed by atoms with E-state index in [2.05, 4.69) is 54.7 Å². The van der Waals surface area contributed by atoms with E-state index in [1.54, 1.807) is 0 Å². The van der Waals surface area contributed by atoms with Gasteiger partial charge < -0.3 is 9.73 Å². The molecule has 96 valence electrons. The third-order valence-electron chi connectivity index (χ3n) is 3.29. The van der Waals surface area contributed by atoms with Crippen molar-refractivity contribution in [2.75, 3.05) is 7.05 Å². The van der Waals surface area contributed by atoms with Gasteiger partial charge in [-0.25, -0.2) is 0 Å². The summed E-state index contributed by atoms with van der Waals surface area (Å²) in [5.41, 5.74) is 4.59. The molecule has 1 heterocycles. The quantitative estimate of drug-likeness (QED) is 0.757. The molecule has 0 aliphatic heterocycles. The fourth-order valence-electron chi connectivity index (χ4n) is 2.30. The zero-order valence-electron chi connectivity index (χ0n) is 11.2. The fourth-order valence-corrected chi connectivity index (χ4v) is 2.30. The Kier molecular flexibility index (Phi) is 3.10. The van der Waals surface area contributed by atoms with E-state index >= 15 is 0 Å². The maximum absolute atomic E-state index is 5.89. The highest BCUT2D eigenvalue weighted by Crippen LogP contribution is 2.28. The van der Waals surface area contributed by atoms with Gasteiger partial charge >= 0.3 is 0 Å². The summed E-state index contributed by atoms with van der Waals surface area (Å²) in [6.07, 6.45) is 0. The first-order valence-electron chi connectivity index (χ1n) is 6.50. The Balaban J connectivity index is 1.99. The van der Waals surface area contributed by atoms with Crippen molar-refractivity contribution in [3.05, 3.63) is 59.7 Å². The summed E-state index contributed by atoms with van der Waals surface area (Å²) in [6.45, 7) is 2.98. The smallest absolute Gasteiger partial charge is 0.135 e. The third-order valence-corrected chi connectivity index (χ3v) is 3.29. The van der Waals surface area contributed by atoms with Gasteiger partial charge in [0.25, 0.3) is 0 Å². The van der Waals surface area contributed by atoms with Crippen molar-refractivity contribution in [1.82, 2.24) is 5.32 Å². The van der Waals surface area contributed by atoms with Crippen LogP contribution in [0.25, 0.3) is 22.3 Å². The van der Waals surface area contributed by atoms with Gasteiger partial charge in [-0.15, -0.1) is 0 Å². The van der Waals surface area contributed by atoms with Gasteiger partial charge in [0.05, 0.1) is 0 Å². The van der Waals surface area contributed by atoms with Crippen molar-refractivity contribution in [3.8, 4) is 11.3 Å². The van der Waals surface area contributed by atoms with Crippen LogP contribution < -0.4 is 5.32 Å². The zero-order valence-corrected chi connectivity index (χ0v) is 11.2. The van der Waals surface area contributed by atoms with Crippen LogP contribution >= 0.6 is 0 Å². The van der Waals surface area contributed by atoms with E-state index in [4.69, 9.17) is 4.42 Å². The lowest BCUT2D eigenvalue weighted by Crippen LogP contribution is -2.04. The summed E-state index contributed by atoms with van der Waals surface area (Å²) in [5, 5.41) is 4.31. The molecule has 0 spiro atoms. The van der Waals surface area contributed by atoms with Gasteiger partial charge in [-0.05, 0) is 37.7 Å². The highest BCUT2D eigenvalue weighted by molar-refractivity contribution is 5.83. The maximum atomic E-state index is 5.89. The molecule has 0 bridgehead atoms. The molecule has 2 aromatic carbocycles. The molecule has 0 saturated heterocycles. The summed E-state index contributed by atoms with van der Waals surface area (Å²) < 4.78 is 5.89. The van der Waals surface area contributed by atoms with Gasteiger partial charge in [0.15, 0.2) is 0 Å². The van der Waals surface area contributed by atoms with E-state index in [1.807, 2.05) is 13.1 Å². The molecule has 0 saturated carbocycles. The fraction of sp³-hybridized carbons (Fsp3) is 0.176. The van der Waals surface area contributed by atoms with E-state index < -0.39 is 0 Å². The van der Waals surface area contributed by atoms with Crippen LogP contribution in [-0.4, -0.2) is 7.05 Å². The van der Waals surface area contributed by atoms with Crippen LogP contribution in [0.1, 0.15) is 11.1 Å². The van der Waals surface area contributed by atoms with Gasteiger partial charge in [-0.3, -0.25) is 0 Å². The second-order valence-corrected chi connectivity index (χ2v) is 4.88. The lowest BCUT2D eigenvalue weighted by Gasteiger charge is -2.01. The molecule has 0 radical (unpaired) electrons. The number of nitrogens with one attached hydrogen (secondary N) is 1. The van der Waals surface area contributed by atoms with Crippen molar-refractivity contribution in [3.63, 3.8) is 0 Å². The Morgan fingerprint density at radius 1 is 1.00 bits per heavy atom. The van der Waals surface area contributed by atoms with Crippen molar-refractivity contribution in [2.45, 2.75) is 13.5 Å². The normalized spacial score (nSPS) is 11.1. The Morgan fingerprint density at radius 2 is 1.79 bits per heavy atom. The molecule has 2 heteroatoms. The number of rotatable bonds is 3. The van der Waals surface area contributed by atoms with Crippen LogP contribution in [0.4, 0.5) is 0 Å². The molecule has 0 aliphatic rings. The second kappa shape index (κ2) is 4.90. The minimum Gasteiger partial charge on any atom is -0.456 e. The topological polar surface area (TPSA) is 25.2 Å². The van der Waals surface area contributed by atoms with Gasteiger partial charge in [0, 0.05) is 17.5 Å². The van der Waals surface area contributed by atoms with E-state index in [-0.39, 0.29) is 0 Å². The minimum atomic E-state index is 0.888. The Hall–Kier alpha value is -2.06. The first kappa shape index (κ1) is 12.0. The molecule has 0 unspecified atom stereocenters. The third kappa shape index (κ3) is 2.40. The van der Waals surface area contributed by atoms with Crippen LogP contribution in [0.5, 0.6) is 0 Å². The predicted molar refractivity (Wildman–Crippen MR) is 79.2 cm³/mol. The second-order valence-electron chi connectivity index (χ2n) is 4.88. The minimum absolute atomic E-state index is 0.888. The standard InChI is InChI=1S/C17H17NO/c1-12-3-8-16-15(9-12)10-17(19-16)14-6-4-13(5-7-14)11-18-2/h3-10,18H,11H2,1-2H3. The van der Waals surface area contributed by atoms with Crippen molar-refractivity contribution < 1.29 is 4.42 Å². The molecule has 3 rings (SSSR count). The van der Waals surface area contributed by atoms with Crippen molar-refractivity contribution in [2.24, 2.45) is 0 Å². The molecule has 19 heavy (non-hydrogen) atoms. The van der Waals surface area contributed by atoms with Crippen LogP contribution in [0.15, 0.2) is 52.9 Å². The van der Waals surface area contributed by atoms with Crippen LogP contribution in [0.3, 0.4) is 0 Å². The Bertz CT molecular complexity index is 695. The lowest BCUT2D eigenvalue weighted by atomic mass is 10.1. The molecule has 0 aliphatic carbocycles. The van der Waals surface area contributed by atoms with E-state index in [1.165, 1.54) is 11.1 Å².